The van der Waals surface area contributed by atoms with Crippen LogP contribution in [0.3, 0.4) is 0 Å². The highest BCUT2D eigenvalue weighted by Crippen LogP contribution is 2.21. The molecule has 6 heteroatoms. The fourth-order valence-electron chi connectivity index (χ4n) is 1.41. The first-order valence-electron chi connectivity index (χ1n) is 5.31. The van der Waals surface area contributed by atoms with Crippen LogP contribution in [0.5, 0.6) is 0 Å². The molecule has 0 radical (unpaired) electrons. The normalized spacial score (nSPS) is 11.9. The second-order valence-electron chi connectivity index (χ2n) is 3.66. The third kappa shape index (κ3) is 3.25. The molecule has 1 aromatic carbocycles. The molecule has 1 rings (SSSR count). The fourth-order valence-corrected chi connectivity index (χ4v) is 1.41. The Bertz CT molecular complexity index is 498. The maximum atomic E-state index is 13.4. The van der Waals surface area contributed by atoms with E-state index < -0.39 is 22.2 Å². The van der Waals surface area contributed by atoms with E-state index >= 15 is 0 Å². The van der Waals surface area contributed by atoms with Crippen molar-refractivity contribution in [1.29, 1.82) is 0 Å². The summed E-state index contributed by atoms with van der Waals surface area (Å²) in [6.45, 7) is 1.86. The van der Waals surface area contributed by atoms with Crippen LogP contribution >= 0.6 is 0 Å². The van der Waals surface area contributed by atoms with Crippen molar-refractivity contribution in [2.75, 3.05) is 0 Å². The van der Waals surface area contributed by atoms with Gasteiger partial charge in [0.05, 0.1) is 11.0 Å². The van der Waals surface area contributed by atoms with Gasteiger partial charge in [0.25, 0.3) is 0 Å². The van der Waals surface area contributed by atoms with E-state index in [0.29, 0.717) is 12.5 Å². The first-order valence-corrected chi connectivity index (χ1v) is 5.31. The smallest absolute Gasteiger partial charge is 0.299 e. The van der Waals surface area contributed by atoms with Crippen LogP contribution in [-0.2, 0) is 6.54 Å². The largest absolute Gasteiger partial charge is 0.305 e. The molecule has 4 nitrogen and oxygen atoms in total. The number of hydrogen-bond donors (Lipinski definition) is 1. The first-order chi connectivity index (χ1) is 8.49. The molecule has 1 N–H and O–H groups in total. The van der Waals surface area contributed by atoms with Crippen molar-refractivity contribution in [3.05, 3.63) is 39.4 Å². The van der Waals surface area contributed by atoms with Crippen molar-refractivity contribution in [2.45, 2.75) is 25.9 Å². The summed E-state index contributed by atoms with van der Waals surface area (Å²) in [6.07, 6.45) is 5.85. The van der Waals surface area contributed by atoms with Gasteiger partial charge in [-0.1, -0.05) is 12.8 Å². The van der Waals surface area contributed by atoms with Crippen LogP contribution in [0.15, 0.2) is 12.1 Å². The average Bonchev–Trinajstić information content (AvgIpc) is 2.32. The van der Waals surface area contributed by atoms with E-state index in [9.17, 15) is 18.9 Å². The summed E-state index contributed by atoms with van der Waals surface area (Å²) in [5.74, 6) is 0.423. The maximum absolute atomic E-state index is 13.4. The van der Waals surface area contributed by atoms with Crippen molar-refractivity contribution in [3.8, 4) is 12.3 Å². The van der Waals surface area contributed by atoms with Crippen LogP contribution in [0.1, 0.15) is 18.9 Å². The van der Waals surface area contributed by atoms with Crippen LogP contribution in [0.2, 0.25) is 0 Å². The second kappa shape index (κ2) is 6.07. The van der Waals surface area contributed by atoms with Gasteiger partial charge in [0, 0.05) is 24.2 Å². The van der Waals surface area contributed by atoms with E-state index in [1.165, 1.54) is 0 Å². The molecule has 0 spiro atoms. The third-order valence-corrected chi connectivity index (χ3v) is 2.46. The van der Waals surface area contributed by atoms with Crippen LogP contribution in [-0.4, -0.2) is 11.0 Å². The molecular formula is C12H12F2N2O2. The molecule has 0 heterocycles. The highest BCUT2D eigenvalue weighted by atomic mass is 19.1. The Kier molecular flexibility index (Phi) is 4.75. The Morgan fingerprint density at radius 1 is 1.50 bits per heavy atom. The van der Waals surface area contributed by atoms with Gasteiger partial charge in [-0.3, -0.25) is 15.4 Å². The molecule has 1 atom stereocenters. The molecule has 0 aliphatic heterocycles. The van der Waals surface area contributed by atoms with Crippen molar-refractivity contribution >= 4 is 5.69 Å². The van der Waals surface area contributed by atoms with Crippen LogP contribution in [0.25, 0.3) is 0 Å². The average molecular weight is 254 g/mol. The Balaban J connectivity index is 2.93. The maximum Gasteiger partial charge on any atom is 0.305 e. The van der Waals surface area contributed by atoms with Gasteiger partial charge < -0.3 is 0 Å². The molecule has 96 valence electrons. The molecule has 0 aliphatic rings. The zero-order chi connectivity index (χ0) is 13.7. The number of halogens is 2. The molecule has 0 fully saturated rings. The number of nitro groups is 1. The number of benzene rings is 1. The molecule has 0 amide bonds. The lowest BCUT2D eigenvalue weighted by Crippen LogP contribution is -2.26. The Morgan fingerprint density at radius 3 is 2.67 bits per heavy atom. The van der Waals surface area contributed by atoms with E-state index in [1.54, 1.807) is 0 Å². The second-order valence-corrected chi connectivity index (χ2v) is 3.66. The third-order valence-electron chi connectivity index (χ3n) is 2.46. The Morgan fingerprint density at radius 2 is 2.17 bits per heavy atom. The lowest BCUT2D eigenvalue weighted by Gasteiger charge is -2.11. The topological polar surface area (TPSA) is 55.2 Å². The van der Waals surface area contributed by atoms with Crippen LogP contribution in [0, 0.1) is 34.1 Å². The number of nitrogens with one attached hydrogen (secondary N) is 1. The lowest BCUT2D eigenvalue weighted by atomic mass is 10.1. The van der Waals surface area contributed by atoms with Gasteiger partial charge in [-0.15, -0.1) is 6.42 Å². The molecular weight excluding hydrogens is 242 g/mol. The Labute approximate surface area is 103 Å². The summed E-state index contributed by atoms with van der Waals surface area (Å²) in [5, 5.41) is 13.4. The van der Waals surface area contributed by atoms with Crippen molar-refractivity contribution in [2.24, 2.45) is 0 Å². The molecule has 0 saturated heterocycles. The predicted octanol–water partition coefficient (Wildman–Crippen LogP) is 2.37. The quantitative estimate of drug-likeness (QED) is 0.498. The number of nitro benzene ring substituents is 1. The zero-order valence-corrected chi connectivity index (χ0v) is 9.74. The molecule has 1 aromatic rings. The van der Waals surface area contributed by atoms with E-state index in [2.05, 4.69) is 11.2 Å². The van der Waals surface area contributed by atoms with E-state index in [1.807, 2.05) is 6.92 Å². The first kappa shape index (κ1) is 14.1. The van der Waals surface area contributed by atoms with Crippen molar-refractivity contribution in [1.82, 2.24) is 5.32 Å². The summed E-state index contributed by atoms with van der Waals surface area (Å²) < 4.78 is 26.5. The minimum Gasteiger partial charge on any atom is -0.299 e. The highest BCUT2D eigenvalue weighted by Gasteiger charge is 2.18. The van der Waals surface area contributed by atoms with Crippen LogP contribution < -0.4 is 5.32 Å². The lowest BCUT2D eigenvalue weighted by molar-refractivity contribution is -0.387. The van der Waals surface area contributed by atoms with Gasteiger partial charge >= 0.3 is 5.69 Å². The summed E-state index contributed by atoms with van der Waals surface area (Å²) in [7, 11) is 0. The van der Waals surface area contributed by atoms with Gasteiger partial charge in [-0.2, -0.15) is 4.39 Å². The van der Waals surface area contributed by atoms with E-state index in [0.717, 1.165) is 6.07 Å². The minimum absolute atomic E-state index is 0.00958. The molecule has 1 unspecified atom stereocenters. The molecule has 0 aliphatic carbocycles. The summed E-state index contributed by atoms with van der Waals surface area (Å²) >= 11 is 0. The molecule has 0 bridgehead atoms. The number of terminal acetylenes is 1. The highest BCUT2D eigenvalue weighted by molar-refractivity contribution is 5.37. The van der Waals surface area contributed by atoms with Crippen molar-refractivity contribution < 1.29 is 13.7 Å². The molecule has 18 heavy (non-hydrogen) atoms. The SMILES string of the molecule is C#CC(CC)NCc1cc([N+](=O)[O-])c(F)cc1F. The van der Waals surface area contributed by atoms with Gasteiger partial charge in [-0.05, 0) is 6.42 Å². The van der Waals surface area contributed by atoms with E-state index in [4.69, 9.17) is 6.42 Å². The van der Waals surface area contributed by atoms with Gasteiger partial charge in [0.1, 0.15) is 5.82 Å². The molecule has 0 aromatic heterocycles. The fraction of sp³-hybridized carbons (Fsp3) is 0.333. The van der Waals surface area contributed by atoms with Crippen molar-refractivity contribution in [3.63, 3.8) is 0 Å². The summed E-state index contributed by atoms with van der Waals surface area (Å²) in [5.41, 5.74) is -0.737. The summed E-state index contributed by atoms with van der Waals surface area (Å²) in [6, 6.07) is 1.13. The zero-order valence-electron chi connectivity index (χ0n) is 9.74. The summed E-state index contributed by atoms with van der Waals surface area (Å²) in [4.78, 5) is 9.63. The predicted molar refractivity (Wildman–Crippen MR) is 62.8 cm³/mol. The molecule has 0 saturated carbocycles. The monoisotopic (exact) mass is 254 g/mol. The number of rotatable bonds is 5. The Hall–Kier alpha value is -2.00. The van der Waals surface area contributed by atoms with Gasteiger partial charge in [0.2, 0.25) is 5.82 Å². The number of nitrogens with zero attached hydrogens (tertiary/aromatic N) is 1. The number of hydrogen-bond acceptors (Lipinski definition) is 3. The minimum atomic E-state index is -1.19. The van der Waals surface area contributed by atoms with E-state index in [-0.39, 0.29) is 18.2 Å². The van der Waals surface area contributed by atoms with Gasteiger partial charge in [-0.25, -0.2) is 4.39 Å². The van der Waals surface area contributed by atoms with Gasteiger partial charge in [0.15, 0.2) is 0 Å². The van der Waals surface area contributed by atoms with Crippen LogP contribution in [0.4, 0.5) is 14.5 Å². The standard InChI is InChI=1S/C12H12F2N2O2/c1-3-9(4-2)15-7-8-5-12(16(17)18)11(14)6-10(8)13/h1,5-6,9,15H,4,7H2,2H3.